The highest BCUT2D eigenvalue weighted by molar-refractivity contribution is 14.0. The lowest BCUT2D eigenvalue weighted by Crippen LogP contribution is -2.40. The Morgan fingerprint density at radius 3 is 2.88 bits per heavy atom. The van der Waals surface area contributed by atoms with Gasteiger partial charge in [-0.25, -0.2) is 4.99 Å². The number of halogens is 1. The SMILES string of the molecule is CCNC(=NCc1ccc2c(c1)OCO2)N(C)CCOCC1CC1.I. The molecule has 0 radical (unpaired) electrons. The number of aliphatic imine (C=N–C) groups is 1. The van der Waals surface area contributed by atoms with Crippen molar-refractivity contribution in [2.75, 3.05) is 40.1 Å². The molecule has 1 N–H and O–H groups in total. The van der Waals surface area contributed by atoms with Crippen LogP contribution in [0.3, 0.4) is 0 Å². The van der Waals surface area contributed by atoms with E-state index in [0.717, 1.165) is 55.2 Å². The van der Waals surface area contributed by atoms with Crippen molar-refractivity contribution < 1.29 is 14.2 Å². The van der Waals surface area contributed by atoms with Crippen molar-refractivity contribution >= 4 is 29.9 Å². The third-order valence-electron chi connectivity index (χ3n) is 4.17. The van der Waals surface area contributed by atoms with Crippen molar-refractivity contribution in [1.82, 2.24) is 10.2 Å². The van der Waals surface area contributed by atoms with Crippen molar-refractivity contribution in [2.45, 2.75) is 26.3 Å². The van der Waals surface area contributed by atoms with Crippen molar-refractivity contribution in [2.24, 2.45) is 10.9 Å². The van der Waals surface area contributed by atoms with E-state index < -0.39 is 0 Å². The lowest BCUT2D eigenvalue weighted by molar-refractivity contribution is 0.115. The minimum atomic E-state index is 0. The van der Waals surface area contributed by atoms with Crippen LogP contribution >= 0.6 is 24.0 Å². The summed E-state index contributed by atoms with van der Waals surface area (Å²) in [5.41, 5.74) is 1.10. The van der Waals surface area contributed by atoms with E-state index in [0.29, 0.717) is 13.3 Å². The van der Waals surface area contributed by atoms with E-state index in [1.807, 2.05) is 25.2 Å². The normalized spacial score (nSPS) is 15.7. The van der Waals surface area contributed by atoms with E-state index in [1.165, 1.54) is 12.8 Å². The number of nitrogens with one attached hydrogen (secondary N) is 1. The number of likely N-dealkylation sites (N-methyl/N-ethyl adjacent to an activating group) is 1. The Balaban J connectivity index is 0.00000225. The summed E-state index contributed by atoms with van der Waals surface area (Å²) in [4.78, 5) is 6.83. The highest BCUT2D eigenvalue weighted by Gasteiger charge is 2.21. The highest BCUT2D eigenvalue weighted by Crippen LogP contribution is 2.32. The van der Waals surface area contributed by atoms with Gasteiger partial charge >= 0.3 is 0 Å². The Hall–Kier alpha value is -1.22. The molecule has 0 saturated heterocycles. The Bertz CT molecular complexity index is 579. The summed E-state index contributed by atoms with van der Waals surface area (Å²) in [6.45, 7) is 6.29. The Morgan fingerprint density at radius 2 is 2.12 bits per heavy atom. The third kappa shape index (κ3) is 6.22. The van der Waals surface area contributed by atoms with Crippen LogP contribution in [-0.2, 0) is 11.3 Å². The fraction of sp³-hybridized carbons (Fsp3) is 0.611. The minimum Gasteiger partial charge on any atom is -0.454 e. The molecular weight excluding hydrogens is 433 g/mol. The second kappa shape index (κ2) is 10.1. The molecule has 1 fully saturated rings. The number of nitrogens with zero attached hydrogens (tertiary/aromatic N) is 2. The fourth-order valence-corrected chi connectivity index (χ4v) is 2.52. The first-order valence-electron chi connectivity index (χ1n) is 8.72. The second-order valence-electron chi connectivity index (χ2n) is 6.30. The minimum absolute atomic E-state index is 0. The zero-order valence-electron chi connectivity index (χ0n) is 15.0. The van der Waals surface area contributed by atoms with Gasteiger partial charge in [-0.3, -0.25) is 0 Å². The molecular formula is C18H28IN3O3. The van der Waals surface area contributed by atoms with Crippen LogP contribution in [0.25, 0.3) is 0 Å². The molecule has 0 amide bonds. The van der Waals surface area contributed by atoms with E-state index in [2.05, 4.69) is 17.1 Å². The molecule has 0 spiro atoms. The van der Waals surface area contributed by atoms with Gasteiger partial charge in [0.15, 0.2) is 17.5 Å². The van der Waals surface area contributed by atoms with Crippen LogP contribution in [0, 0.1) is 5.92 Å². The molecule has 1 aliphatic carbocycles. The monoisotopic (exact) mass is 461 g/mol. The van der Waals surface area contributed by atoms with Crippen LogP contribution in [0.1, 0.15) is 25.3 Å². The number of hydrogen-bond donors (Lipinski definition) is 1. The molecule has 1 aromatic carbocycles. The molecule has 3 rings (SSSR count). The first kappa shape index (κ1) is 20.1. The number of rotatable bonds is 8. The van der Waals surface area contributed by atoms with Crippen molar-refractivity contribution in [3.8, 4) is 11.5 Å². The van der Waals surface area contributed by atoms with E-state index >= 15 is 0 Å². The van der Waals surface area contributed by atoms with E-state index in [4.69, 9.17) is 19.2 Å². The predicted molar refractivity (Wildman–Crippen MR) is 109 cm³/mol. The maximum atomic E-state index is 5.71. The van der Waals surface area contributed by atoms with E-state index in [-0.39, 0.29) is 24.0 Å². The van der Waals surface area contributed by atoms with Crippen LogP contribution in [-0.4, -0.2) is 51.0 Å². The van der Waals surface area contributed by atoms with Gasteiger partial charge in [-0.15, -0.1) is 24.0 Å². The fourth-order valence-electron chi connectivity index (χ4n) is 2.52. The summed E-state index contributed by atoms with van der Waals surface area (Å²) in [7, 11) is 2.04. The number of benzene rings is 1. The Kier molecular flexibility index (Phi) is 8.08. The van der Waals surface area contributed by atoms with Gasteiger partial charge in [0.1, 0.15) is 0 Å². The first-order valence-corrected chi connectivity index (χ1v) is 8.72. The summed E-state index contributed by atoms with van der Waals surface area (Å²) in [6.07, 6.45) is 2.66. The lowest BCUT2D eigenvalue weighted by Gasteiger charge is -2.22. The molecule has 25 heavy (non-hydrogen) atoms. The molecule has 0 unspecified atom stereocenters. The van der Waals surface area contributed by atoms with Crippen LogP contribution in [0.2, 0.25) is 0 Å². The average Bonchev–Trinajstić information content (AvgIpc) is 3.30. The highest BCUT2D eigenvalue weighted by atomic mass is 127. The molecule has 7 heteroatoms. The van der Waals surface area contributed by atoms with Crippen LogP contribution in [0.15, 0.2) is 23.2 Å². The van der Waals surface area contributed by atoms with Gasteiger partial charge in [0, 0.05) is 26.7 Å². The standard InChI is InChI=1S/C18H27N3O3.HI/c1-3-19-18(21(2)8-9-22-12-14-4-5-14)20-11-15-6-7-16-17(10-15)24-13-23-16;/h6-7,10,14H,3-5,8-9,11-13H2,1-2H3,(H,19,20);1H. The summed E-state index contributed by atoms with van der Waals surface area (Å²) in [5, 5.41) is 3.33. The lowest BCUT2D eigenvalue weighted by atomic mass is 10.2. The maximum Gasteiger partial charge on any atom is 0.231 e. The number of ether oxygens (including phenoxy) is 3. The zero-order chi connectivity index (χ0) is 16.8. The third-order valence-corrected chi connectivity index (χ3v) is 4.17. The van der Waals surface area contributed by atoms with E-state index in [9.17, 15) is 0 Å². The molecule has 0 bridgehead atoms. The van der Waals surface area contributed by atoms with Gasteiger partial charge in [0.2, 0.25) is 6.79 Å². The van der Waals surface area contributed by atoms with Gasteiger partial charge in [0.25, 0.3) is 0 Å². The number of guanidine groups is 1. The summed E-state index contributed by atoms with van der Waals surface area (Å²) >= 11 is 0. The van der Waals surface area contributed by atoms with Gasteiger partial charge < -0.3 is 24.4 Å². The molecule has 0 atom stereocenters. The van der Waals surface area contributed by atoms with Gasteiger partial charge in [0.05, 0.1) is 13.2 Å². The number of fused-ring (bicyclic) bond motifs is 1. The van der Waals surface area contributed by atoms with Gasteiger partial charge in [-0.1, -0.05) is 6.07 Å². The molecule has 2 aliphatic rings. The van der Waals surface area contributed by atoms with Gasteiger partial charge in [-0.05, 0) is 43.4 Å². The molecule has 1 aliphatic heterocycles. The molecule has 140 valence electrons. The van der Waals surface area contributed by atoms with Crippen LogP contribution in [0.4, 0.5) is 0 Å². The zero-order valence-corrected chi connectivity index (χ0v) is 17.3. The Labute approximate surface area is 166 Å². The summed E-state index contributed by atoms with van der Waals surface area (Å²) in [5.74, 6) is 3.31. The van der Waals surface area contributed by atoms with Crippen LogP contribution in [0.5, 0.6) is 11.5 Å². The second-order valence-corrected chi connectivity index (χ2v) is 6.30. The largest absolute Gasteiger partial charge is 0.454 e. The molecule has 1 heterocycles. The molecule has 6 nitrogen and oxygen atoms in total. The van der Waals surface area contributed by atoms with Crippen molar-refractivity contribution in [1.29, 1.82) is 0 Å². The Morgan fingerprint density at radius 1 is 1.32 bits per heavy atom. The van der Waals surface area contributed by atoms with Crippen molar-refractivity contribution in [3.63, 3.8) is 0 Å². The molecule has 1 aromatic rings. The summed E-state index contributed by atoms with van der Waals surface area (Å²) in [6, 6.07) is 5.96. The number of hydrogen-bond acceptors (Lipinski definition) is 4. The van der Waals surface area contributed by atoms with Crippen LogP contribution < -0.4 is 14.8 Å². The maximum absolute atomic E-state index is 5.71. The predicted octanol–water partition coefficient (Wildman–Crippen LogP) is 2.86. The van der Waals surface area contributed by atoms with Crippen molar-refractivity contribution in [3.05, 3.63) is 23.8 Å². The smallest absolute Gasteiger partial charge is 0.231 e. The molecule has 1 saturated carbocycles. The van der Waals surface area contributed by atoms with Gasteiger partial charge in [-0.2, -0.15) is 0 Å². The first-order chi connectivity index (χ1) is 11.8. The topological polar surface area (TPSA) is 55.3 Å². The molecule has 0 aromatic heterocycles. The van der Waals surface area contributed by atoms with E-state index in [1.54, 1.807) is 0 Å². The quantitative estimate of drug-likeness (QED) is 0.279. The average molecular weight is 461 g/mol. The summed E-state index contributed by atoms with van der Waals surface area (Å²) < 4.78 is 16.5.